The number of piperidine rings is 1. The molecule has 3 heterocycles. The number of carbonyl (C=O) groups is 1. The van der Waals surface area contributed by atoms with Crippen LogP contribution >= 0.6 is 11.6 Å². The van der Waals surface area contributed by atoms with Gasteiger partial charge < -0.3 is 4.90 Å². The maximum absolute atomic E-state index is 13.0. The maximum Gasteiger partial charge on any atom is 0.275 e. The number of hydrogen-bond donors (Lipinski definition) is 0. The molecular weight excluding hydrogens is 302 g/mol. The van der Waals surface area contributed by atoms with Gasteiger partial charge in [-0.1, -0.05) is 0 Å². The lowest BCUT2D eigenvalue weighted by atomic mass is 10.0. The van der Waals surface area contributed by atoms with Gasteiger partial charge in [-0.05, 0) is 38.3 Å². The normalized spacial score (nSPS) is 18.5. The number of rotatable bonds is 3. The molecule has 0 bridgehead atoms. The highest BCUT2D eigenvalue weighted by Gasteiger charge is 2.29. The van der Waals surface area contributed by atoms with E-state index in [4.69, 9.17) is 11.6 Å². The Kier molecular flexibility index (Phi) is 4.38. The van der Waals surface area contributed by atoms with Crippen LogP contribution in [0.3, 0.4) is 0 Å². The van der Waals surface area contributed by atoms with Crippen LogP contribution in [0.15, 0.2) is 24.5 Å². The molecule has 116 valence electrons. The van der Waals surface area contributed by atoms with Crippen molar-refractivity contribution in [1.29, 1.82) is 0 Å². The highest BCUT2D eigenvalue weighted by molar-refractivity contribution is 6.18. The van der Waals surface area contributed by atoms with Crippen LogP contribution in [-0.2, 0) is 0 Å². The number of amides is 1. The first-order valence-corrected chi connectivity index (χ1v) is 7.95. The summed E-state index contributed by atoms with van der Waals surface area (Å²) in [4.78, 5) is 20.7. The van der Waals surface area contributed by atoms with Gasteiger partial charge >= 0.3 is 0 Å². The summed E-state index contributed by atoms with van der Waals surface area (Å²) < 4.78 is 0. The Hall–Kier alpha value is -1.95. The predicted octanol–water partition coefficient (Wildman–Crippen LogP) is 2.20. The number of alkyl halides is 1. The Morgan fingerprint density at radius 3 is 2.82 bits per heavy atom. The fraction of sp³-hybridized carbons (Fsp3) is 0.467. The standard InChI is InChI=1S/C15H18ClN5O/c1-11-5-6-13(21-17-7-8-18-21)14(19-11)15(22)20-9-3-2-4-12(20)10-16/h5-8,12H,2-4,9-10H2,1H3/t12-/m0/s1. The van der Waals surface area contributed by atoms with Crippen molar-refractivity contribution < 1.29 is 4.79 Å². The van der Waals surface area contributed by atoms with E-state index in [9.17, 15) is 4.79 Å². The van der Waals surface area contributed by atoms with E-state index in [1.807, 2.05) is 24.0 Å². The SMILES string of the molecule is Cc1ccc(-n2nccn2)c(C(=O)N2CCCC[C@H]2CCl)n1. The first-order chi connectivity index (χ1) is 10.7. The number of nitrogens with zero attached hydrogens (tertiary/aromatic N) is 5. The van der Waals surface area contributed by atoms with Crippen molar-refractivity contribution in [2.75, 3.05) is 12.4 Å². The molecule has 2 aromatic heterocycles. The van der Waals surface area contributed by atoms with E-state index >= 15 is 0 Å². The van der Waals surface area contributed by atoms with Crippen molar-refractivity contribution in [1.82, 2.24) is 24.9 Å². The van der Waals surface area contributed by atoms with Crippen LogP contribution < -0.4 is 0 Å². The number of aromatic nitrogens is 4. The molecule has 1 aliphatic rings. The third-order valence-electron chi connectivity index (χ3n) is 3.92. The van der Waals surface area contributed by atoms with Crippen LogP contribution in [0, 0.1) is 6.92 Å². The van der Waals surface area contributed by atoms with E-state index in [2.05, 4.69) is 15.2 Å². The van der Waals surface area contributed by atoms with Crippen LogP contribution in [0.4, 0.5) is 0 Å². The molecule has 1 aliphatic heterocycles. The molecule has 1 amide bonds. The minimum Gasteiger partial charge on any atom is -0.333 e. The summed E-state index contributed by atoms with van der Waals surface area (Å²) in [6, 6.07) is 3.75. The maximum atomic E-state index is 13.0. The third-order valence-corrected chi connectivity index (χ3v) is 4.27. The van der Waals surface area contributed by atoms with Gasteiger partial charge in [0.1, 0.15) is 5.69 Å². The van der Waals surface area contributed by atoms with Crippen LogP contribution in [0.25, 0.3) is 5.69 Å². The number of carbonyl (C=O) groups excluding carboxylic acids is 1. The summed E-state index contributed by atoms with van der Waals surface area (Å²) in [6.07, 6.45) is 6.21. The first kappa shape index (κ1) is 15.0. The second-order valence-electron chi connectivity index (χ2n) is 5.44. The molecule has 0 radical (unpaired) electrons. The molecule has 1 fully saturated rings. The number of aryl methyl sites for hydroxylation is 1. The minimum absolute atomic E-state index is 0.0728. The molecule has 7 heteroatoms. The molecule has 0 saturated carbocycles. The fourth-order valence-electron chi connectivity index (χ4n) is 2.77. The third kappa shape index (κ3) is 2.83. The van der Waals surface area contributed by atoms with Crippen molar-refractivity contribution in [3.8, 4) is 5.69 Å². The van der Waals surface area contributed by atoms with Gasteiger partial charge in [-0.25, -0.2) is 4.98 Å². The molecule has 3 rings (SSSR count). The van der Waals surface area contributed by atoms with Crippen molar-refractivity contribution >= 4 is 17.5 Å². The molecule has 0 aliphatic carbocycles. The van der Waals surface area contributed by atoms with E-state index in [1.165, 1.54) is 4.80 Å². The monoisotopic (exact) mass is 319 g/mol. The van der Waals surface area contributed by atoms with Crippen molar-refractivity contribution in [3.63, 3.8) is 0 Å². The number of hydrogen-bond acceptors (Lipinski definition) is 4. The van der Waals surface area contributed by atoms with Gasteiger partial charge in [0, 0.05) is 24.2 Å². The van der Waals surface area contributed by atoms with Crippen LogP contribution in [0.5, 0.6) is 0 Å². The summed E-state index contributed by atoms with van der Waals surface area (Å²) in [5.74, 6) is 0.355. The smallest absolute Gasteiger partial charge is 0.275 e. The first-order valence-electron chi connectivity index (χ1n) is 7.42. The second kappa shape index (κ2) is 6.44. The zero-order valence-corrected chi connectivity index (χ0v) is 13.2. The average molecular weight is 320 g/mol. The van der Waals surface area contributed by atoms with Gasteiger partial charge in [0.2, 0.25) is 0 Å². The van der Waals surface area contributed by atoms with Gasteiger partial charge in [-0.2, -0.15) is 10.2 Å². The number of likely N-dealkylation sites (tertiary alicyclic amines) is 1. The molecule has 1 atom stereocenters. The van der Waals surface area contributed by atoms with Crippen LogP contribution in [0.1, 0.15) is 35.4 Å². The molecule has 0 unspecified atom stereocenters. The van der Waals surface area contributed by atoms with Crippen LogP contribution in [0.2, 0.25) is 0 Å². The lowest BCUT2D eigenvalue weighted by molar-refractivity contribution is 0.0632. The largest absolute Gasteiger partial charge is 0.333 e. The Balaban J connectivity index is 1.99. The molecule has 0 N–H and O–H groups in total. The average Bonchev–Trinajstić information content (AvgIpc) is 3.08. The Morgan fingerprint density at radius 1 is 1.32 bits per heavy atom. The predicted molar refractivity (Wildman–Crippen MR) is 83.3 cm³/mol. The van der Waals surface area contributed by atoms with E-state index in [-0.39, 0.29) is 11.9 Å². The lowest BCUT2D eigenvalue weighted by Gasteiger charge is -2.34. The van der Waals surface area contributed by atoms with E-state index < -0.39 is 0 Å². The summed E-state index contributed by atoms with van der Waals surface area (Å²) in [5, 5.41) is 8.22. The Bertz CT molecular complexity index is 658. The van der Waals surface area contributed by atoms with Crippen LogP contribution in [-0.4, -0.2) is 49.3 Å². The minimum atomic E-state index is -0.0960. The molecule has 0 spiro atoms. The molecule has 6 nitrogen and oxygen atoms in total. The zero-order valence-electron chi connectivity index (χ0n) is 12.4. The summed E-state index contributed by atoms with van der Waals surface area (Å²) in [6.45, 7) is 2.59. The van der Waals surface area contributed by atoms with E-state index in [1.54, 1.807) is 12.4 Å². The van der Waals surface area contributed by atoms with Gasteiger partial charge in [-0.15, -0.1) is 16.4 Å². The fourth-order valence-corrected chi connectivity index (χ4v) is 3.09. The van der Waals surface area contributed by atoms with E-state index in [0.29, 0.717) is 17.3 Å². The van der Waals surface area contributed by atoms with Gasteiger partial charge in [0.05, 0.1) is 12.4 Å². The number of halogens is 1. The van der Waals surface area contributed by atoms with Gasteiger partial charge in [0.15, 0.2) is 5.69 Å². The summed E-state index contributed by atoms with van der Waals surface area (Å²) in [5.41, 5.74) is 1.77. The molecular formula is C15H18ClN5O. The van der Waals surface area contributed by atoms with Gasteiger partial charge in [0.25, 0.3) is 5.91 Å². The lowest BCUT2D eigenvalue weighted by Crippen LogP contribution is -2.45. The zero-order chi connectivity index (χ0) is 15.5. The van der Waals surface area contributed by atoms with Crippen molar-refractivity contribution in [3.05, 3.63) is 35.9 Å². The topological polar surface area (TPSA) is 63.9 Å². The van der Waals surface area contributed by atoms with Crippen molar-refractivity contribution in [2.24, 2.45) is 0 Å². The summed E-state index contributed by atoms with van der Waals surface area (Å²) in [7, 11) is 0. The highest BCUT2D eigenvalue weighted by atomic mass is 35.5. The highest BCUT2D eigenvalue weighted by Crippen LogP contribution is 2.22. The van der Waals surface area contributed by atoms with E-state index in [0.717, 1.165) is 31.5 Å². The molecule has 0 aromatic carbocycles. The van der Waals surface area contributed by atoms with Crippen molar-refractivity contribution in [2.45, 2.75) is 32.2 Å². The number of pyridine rings is 1. The quantitative estimate of drug-likeness (QED) is 0.814. The molecule has 2 aromatic rings. The Morgan fingerprint density at radius 2 is 2.09 bits per heavy atom. The second-order valence-corrected chi connectivity index (χ2v) is 5.75. The molecule has 1 saturated heterocycles. The summed E-state index contributed by atoms with van der Waals surface area (Å²) >= 11 is 6.03. The molecule has 22 heavy (non-hydrogen) atoms. The van der Waals surface area contributed by atoms with Gasteiger partial charge in [-0.3, -0.25) is 4.79 Å². The Labute approximate surface area is 134 Å².